The Hall–Kier alpha value is -2.56. The topological polar surface area (TPSA) is 105 Å². The number of para-hydroxylation sites is 1. The Morgan fingerprint density at radius 1 is 1.18 bits per heavy atom. The van der Waals surface area contributed by atoms with Crippen LogP contribution in [-0.4, -0.2) is 41.9 Å². The molecular formula is C23H26N4O4S2. The lowest BCUT2D eigenvalue weighted by Crippen LogP contribution is -2.43. The Bertz CT molecular complexity index is 1250. The van der Waals surface area contributed by atoms with E-state index in [0.29, 0.717) is 52.5 Å². The van der Waals surface area contributed by atoms with Crippen LogP contribution in [-0.2, 0) is 14.8 Å². The molecule has 1 saturated heterocycles. The summed E-state index contributed by atoms with van der Waals surface area (Å²) < 4.78 is 33.8. The molecule has 1 N–H and O–H groups in total. The second kappa shape index (κ2) is 9.00. The second-order valence-electron chi connectivity index (χ2n) is 8.67. The average Bonchev–Trinajstić information content (AvgIpc) is 3.40. The van der Waals surface area contributed by atoms with Crippen LogP contribution in [0.2, 0.25) is 0 Å². The third-order valence-electron chi connectivity index (χ3n) is 6.40. The summed E-state index contributed by atoms with van der Waals surface area (Å²) in [4.78, 5) is 18.9. The van der Waals surface area contributed by atoms with Crippen molar-refractivity contribution in [2.75, 3.05) is 18.4 Å². The van der Waals surface area contributed by atoms with Crippen LogP contribution < -0.4 is 5.32 Å². The third kappa shape index (κ3) is 4.47. The number of amides is 1. The van der Waals surface area contributed by atoms with Crippen LogP contribution >= 0.6 is 11.3 Å². The van der Waals surface area contributed by atoms with E-state index in [1.807, 2.05) is 30.3 Å². The van der Waals surface area contributed by atoms with Gasteiger partial charge in [0, 0.05) is 29.6 Å². The number of aromatic nitrogens is 2. The number of carbonyl (C=O) groups excluding carboxylic acids is 1. The summed E-state index contributed by atoms with van der Waals surface area (Å²) >= 11 is 1.35. The predicted molar refractivity (Wildman–Crippen MR) is 125 cm³/mol. The van der Waals surface area contributed by atoms with E-state index in [1.54, 1.807) is 13.0 Å². The van der Waals surface area contributed by atoms with Crippen molar-refractivity contribution in [3.63, 3.8) is 0 Å². The number of rotatable bonds is 6. The van der Waals surface area contributed by atoms with Gasteiger partial charge < -0.3 is 9.84 Å². The van der Waals surface area contributed by atoms with Crippen LogP contribution in [0.5, 0.6) is 0 Å². The molecular weight excluding hydrogens is 460 g/mol. The summed E-state index contributed by atoms with van der Waals surface area (Å²) in [5.41, 5.74) is 0.710. The summed E-state index contributed by atoms with van der Waals surface area (Å²) in [6, 6.07) is 10.9. The van der Waals surface area contributed by atoms with E-state index in [1.165, 1.54) is 22.1 Å². The number of carbonyl (C=O) groups is 1. The van der Waals surface area contributed by atoms with E-state index in [9.17, 15) is 13.2 Å². The Morgan fingerprint density at radius 3 is 2.70 bits per heavy atom. The molecule has 3 aromatic rings. The Balaban J connectivity index is 1.32. The fourth-order valence-corrected chi connectivity index (χ4v) is 7.28. The van der Waals surface area contributed by atoms with Crippen molar-refractivity contribution in [1.29, 1.82) is 0 Å². The first-order valence-electron chi connectivity index (χ1n) is 11.2. The minimum atomic E-state index is -3.74. The van der Waals surface area contributed by atoms with Crippen LogP contribution in [0.15, 0.2) is 45.8 Å². The van der Waals surface area contributed by atoms with Crippen LogP contribution in [0.1, 0.15) is 48.8 Å². The van der Waals surface area contributed by atoms with Crippen molar-refractivity contribution in [3.8, 4) is 10.7 Å². The lowest BCUT2D eigenvalue weighted by Gasteiger charge is -2.31. The number of anilines is 1. The molecule has 1 aliphatic heterocycles. The number of benzene rings is 1. The molecule has 5 rings (SSSR count). The Kier molecular flexibility index (Phi) is 6.07. The molecule has 1 atom stereocenters. The van der Waals surface area contributed by atoms with Gasteiger partial charge in [-0.3, -0.25) is 4.79 Å². The molecule has 3 heterocycles. The molecule has 0 spiro atoms. The van der Waals surface area contributed by atoms with Crippen molar-refractivity contribution in [2.45, 2.75) is 49.8 Å². The molecule has 1 amide bonds. The number of nitrogens with zero attached hydrogens (tertiary/aromatic N) is 3. The van der Waals surface area contributed by atoms with E-state index >= 15 is 0 Å². The highest BCUT2D eigenvalue weighted by atomic mass is 32.2. The van der Waals surface area contributed by atoms with Crippen molar-refractivity contribution < 1.29 is 17.7 Å². The van der Waals surface area contributed by atoms with Crippen molar-refractivity contribution in [3.05, 3.63) is 47.2 Å². The minimum Gasteiger partial charge on any atom is -0.339 e. The van der Waals surface area contributed by atoms with Gasteiger partial charge in [-0.1, -0.05) is 29.8 Å². The molecule has 1 aromatic carbocycles. The van der Waals surface area contributed by atoms with E-state index in [4.69, 9.17) is 4.52 Å². The zero-order valence-corrected chi connectivity index (χ0v) is 20.0. The summed E-state index contributed by atoms with van der Waals surface area (Å²) in [5, 5.41) is 6.97. The van der Waals surface area contributed by atoms with Gasteiger partial charge in [0.05, 0.1) is 15.7 Å². The first kappa shape index (κ1) is 22.2. The number of nitrogens with one attached hydrogen (secondary N) is 1. The van der Waals surface area contributed by atoms with Crippen LogP contribution in [0, 0.1) is 12.8 Å². The molecule has 33 heavy (non-hydrogen) atoms. The first-order valence-corrected chi connectivity index (χ1v) is 13.5. The molecule has 1 saturated carbocycles. The van der Waals surface area contributed by atoms with Gasteiger partial charge >= 0.3 is 0 Å². The minimum absolute atomic E-state index is 0.154. The van der Waals surface area contributed by atoms with Gasteiger partial charge in [-0.05, 0) is 50.8 Å². The smallest absolute Gasteiger partial charge is 0.244 e. The standard InChI is InChI=1S/C23H26N4O4S2/c1-15-20(13-19(32-15)21-25-23(31-26-21)16-7-5-8-16)33(29,30)27-12-6-9-17(14-27)22(28)24-18-10-3-2-4-11-18/h2-4,10-11,13,16-17H,5-9,12,14H2,1H3,(H,24,28)/t17-/m1/s1. The lowest BCUT2D eigenvalue weighted by molar-refractivity contribution is -0.120. The molecule has 2 aliphatic rings. The zero-order valence-electron chi connectivity index (χ0n) is 18.4. The summed E-state index contributed by atoms with van der Waals surface area (Å²) in [6.45, 7) is 2.35. The van der Waals surface area contributed by atoms with Gasteiger partial charge in [-0.25, -0.2) is 8.42 Å². The highest BCUT2D eigenvalue weighted by Gasteiger charge is 2.35. The fourth-order valence-electron chi connectivity index (χ4n) is 4.27. The Labute approximate surface area is 197 Å². The highest BCUT2D eigenvalue weighted by Crippen LogP contribution is 2.38. The quantitative estimate of drug-likeness (QED) is 0.553. The number of hydrogen-bond donors (Lipinski definition) is 1. The number of piperidine rings is 1. The molecule has 174 valence electrons. The number of aryl methyl sites for hydroxylation is 1. The van der Waals surface area contributed by atoms with Gasteiger partial charge in [0.1, 0.15) is 0 Å². The van der Waals surface area contributed by atoms with E-state index in [2.05, 4.69) is 15.5 Å². The van der Waals surface area contributed by atoms with Gasteiger partial charge in [0.2, 0.25) is 27.6 Å². The highest BCUT2D eigenvalue weighted by molar-refractivity contribution is 7.89. The lowest BCUT2D eigenvalue weighted by atomic mass is 9.85. The third-order valence-corrected chi connectivity index (χ3v) is 9.57. The largest absolute Gasteiger partial charge is 0.339 e. The monoisotopic (exact) mass is 486 g/mol. The summed E-state index contributed by atoms with van der Waals surface area (Å²) in [7, 11) is -3.74. The number of thiophene rings is 1. The van der Waals surface area contributed by atoms with Gasteiger partial charge in [0.15, 0.2) is 0 Å². The molecule has 0 unspecified atom stereocenters. The van der Waals surface area contributed by atoms with E-state index < -0.39 is 15.9 Å². The number of hydrogen-bond acceptors (Lipinski definition) is 7. The Morgan fingerprint density at radius 2 is 1.97 bits per heavy atom. The molecule has 8 nitrogen and oxygen atoms in total. The van der Waals surface area contributed by atoms with Gasteiger partial charge in [0.25, 0.3) is 0 Å². The van der Waals surface area contributed by atoms with E-state index in [0.717, 1.165) is 12.8 Å². The second-order valence-corrected chi connectivity index (χ2v) is 11.8. The molecule has 2 aromatic heterocycles. The predicted octanol–water partition coefficient (Wildman–Crippen LogP) is 4.41. The molecule has 0 bridgehead atoms. The molecule has 2 fully saturated rings. The number of sulfonamides is 1. The maximum absolute atomic E-state index is 13.5. The first-order chi connectivity index (χ1) is 15.9. The molecule has 1 aliphatic carbocycles. The average molecular weight is 487 g/mol. The fraction of sp³-hybridized carbons (Fsp3) is 0.435. The summed E-state index contributed by atoms with van der Waals surface area (Å²) in [6.07, 6.45) is 4.57. The van der Waals surface area contributed by atoms with Crippen molar-refractivity contribution in [1.82, 2.24) is 14.4 Å². The zero-order chi connectivity index (χ0) is 23.0. The van der Waals surface area contributed by atoms with Gasteiger partial charge in [-0.15, -0.1) is 11.3 Å². The maximum Gasteiger partial charge on any atom is 0.244 e. The van der Waals surface area contributed by atoms with Gasteiger partial charge in [-0.2, -0.15) is 9.29 Å². The summed E-state index contributed by atoms with van der Waals surface area (Å²) in [5.74, 6) is 0.844. The van der Waals surface area contributed by atoms with Crippen molar-refractivity contribution in [2.24, 2.45) is 5.92 Å². The maximum atomic E-state index is 13.5. The van der Waals surface area contributed by atoms with Crippen LogP contribution in [0.3, 0.4) is 0 Å². The van der Waals surface area contributed by atoms with Crippen LogP contribution in [0.4, 0.5) is 5.69 Å². The van der Waals surface area contributed by atoms with E-state index in [-0.39, 0.29) is 17.3 Å². The SMILES string of the molecule is Cc1sc(-c2noc(C3CCC3)n2)cc1S(=O)(=O)N1CCC[C@@H](C(=O)Nc2ccccc2)C1. The van der Waals surface area contributed by atoms with Crippen molar-refractivity contribution >= 4 is 33.0 Å². The van der Waals surface area contributed by atoms with Crippen LogP contribution in [0.25, 0.3) is 10.7 Å². The molecule has 0 radical (unpaired) electrons. The normalized spacial score (nSPS) is 19.8. The molecule has 10 heteroatoms.